The Morgan fingerprint density at radius 3 is 1.27 bits per heavy atom. The van der Waals surface area contributed by atoms with E-state index in [1.807, 2.05) is 0 Å². The number of carbonyl (C=O) groups excluding carboxylic acids is 6. The van der Waals surface area contributed by atoms with E-state index < -0.39 is 47.3 Å². The maximum atomic E-state index is 13.4. The second-order valence-corrected chi connectivity index (χ2v) is 15.9. The fourth-order valence-corrected chi connectivity index (χ4v) is 6.77. The number of anilines is 4. The van der Waals surface area contributed by atoms with Gasteiger partial charge in [-0.3, -0.25) is 28.8 Å². The van der Waals surface area contributed by atoms with Crippen LogP contribution < -0.4 is 21.3 Å². The molecule has 5 rings (SSSR count). The maximum Gasteiger partial charge on any atom is 0.258 e. The van der Waals surface area contributed by atoms with E-state index in [2.05, 4.69) is 41.7 Å². The predicted molar refractivity (Wildman–Crippen MR) is 243 cm³/mol. The SMILES string of the molecule is CC(=O)C(N=Nc1cc(C(=O)Nc2ccc(Cl)cc2Cl)ccc1Cl)C(=O)Nc1cc(C)c(NC(=O)C(N=Nc2cc(C(=O)Nc3ccc(Cl)cc3Cl)ccc2Cl)C(C)=O)c(C)c1. The van der Waals surface area contributed by atoms with Crippen LogP contribution in [0.15, 0.2) is 105 Å². The van der Waals surface area contributed by atoms with Gasteiger partial charge >= 0.3 is 0 Å². The van der Waals surface area contributed by atoms with Crippen molar-refractivity contribution < 1.29 is 28.8 Å². The van der Waals surface area contributed by atoms with E-state index in [1.54, 1.807) is 26.0 Å². The van der Waals surface area contributed by atoms with Crippen LogP contribution in [0.2, 0.25) is 30.1 Å². The predicted octanol–water partition coefficient (Wildman–Crippen LogP) is 12.1. The van der Waals surface area contributed by atoms with E-state index >= 15 is 0 Å². The topological polar surface area (TPSA) is 200 Å². The van der Waals surface area contributed by atoms with Crippen LogP contribution in [0.4, 0.5) is 34.1 Å². The number of nitrogens with one attached hydrogen (secondary N) is 4. The molecule has 2 unspecified atom stereocenters. The van der Waals surface area contributed by atoms with Gasteiger partial charge in [-0.15, -0.1) is 0 Å². The van der Waals surface area contributed by atoms with Crippen LogP contribution in [0.5, 0.6) is 0 Å². The van der Waals surface area contributed by atoms with Gasteiger partial charge in [-0.25, -0.2) is 0 Å². The molecule has 4 amide bonds. The number of hydrogen-bond donors (Lipinski definition) is 4. The Labute approximate surface area is 384 Å². The van der Waals surface area contributed by atoms with E-state index in [0.717, 1.165) is 13.8 Å². The van der Waals surface area contributed by atoms with Gasteiger partial charge in [0.25, 0.3) is 23.6 Å². The Hall–Kier alpha value is -5.74. The standard InChI is InChI=1S/C42H32Cl6N8O6/c1-19-13-27(49-41(61)37(21(3)57)55-53-34-15-23(5-9-28(34)45)39(59)50-32-11-7-25(43)17-30(32)47)14-20(2)36(19)52-42(62)38(22(4)58)56-54-35-16-24(6-10-29(35)46)40(60)51-33-12-8-26(44)18-31(33)48/h5-18,37-38H,1-4H3,(H,49,61)(H,50,59)(H,51,60)(H,52,62). The molecule has 0 aromatic heterocycles. The molecule has 318 valence electrons. The summed E-state index contributed by atoms with van der Waals surface area (Å²) < 4.78 is 0. The zero-order valence-electron chi connectivity index (χ0n) is 32.7. The molecule has 4 N–H and O–H groups in total. The molecule has 62 heavy (non-hydrogen) atoms. The van der Waals surface area contributed by atoms with Crippen molar-refractivity contribution in [2.75, 3.05) is 21.3 Å². The lowest BCUT2D eigenvalue weighted by atomic mass is 10.1. The smallest absolute Gasteiger partial charge is 0.258 e. The Balaban J connectivity index is 1.27. The van der Waals surface area contributed by atoms with Crippen LogP contribution in [-0.4, -0.2) is 47.3 Å². The first kappa shape index (κ1) is 47.3. The Bertz CT molecular complexity index is 2690. The van der Waals surface area contributed by atoms with Gasteiger partial charge in [-0.2, -0.15) is 20.5 Å². The summed E-state index contributed by atoms with van der Waals surface area (Å²) in [5.74, 6) is -4.04. The molecule has 0 aliphatic carbocycles. The number of Topliss-reactive ketones (excluding diaryl/α,β-unsaturated/α-hetero) is 2. The van der Waals surface area contributed by atoms with Gasteiger partial charge in [0.1, 0.15) is 11.4 Å². The monoisotopic (exact) mass is 954 g/mol. The minimum Gasteiger partial charge on any atom is -0.324 e. The van der Waals surface area contributed by atoms with Crippen molar-refractivity contribution >= 4 is 139 Å². The summed E-state index contributed by atoms with van der Waals surface area (Å²) in [5.41, 5.74) is 2.41. The number of azo groups is 2. The number of nitrogens with zero attached hydrogens (tertiary/aromatic N) is 4. The van der Waals surface area contributed by atoms with Gasteiger partial charge < -0.3 is 21.3 Å². The first-order valence-electron chi connectivity index (χ1n) is 18.0. The summed E-state index contributed by atoms with van der Waals surface area (Å²) in [6.45, 7) is 5.60. The fourth-order valence-electron chi connectivity index (χ4n) is 5.54. The Morgan fingerprint density at radius 2 is 0.887 bits per heavy atom. The van der Waals surface area contributed by atoms with Gasteiger partial charge in [0.2, 0.25) is 12.1 Å². The molecule has 0 heterocycles. The molecule has 0 radical (unpaired) electrons. The first-order chi connectivity index (χ1) is 29.3. The van der Waals surface area contributed by atoms with Crippen LogP contribution >= 0.6 is 69.6 Å². The Kier molecular flexibility index (Phi) is 15.9. The van der Waals surface area contributed by atoms with Crippen LogP contribution in [-0.2, 0) is 19.2 Å². The summed E-state index contributed by atoms with van der Waals surface area (Å²) in [5, 5.41) is 28.0. The second-order valence-electron chi connectivity index (χ2n) is 13.4. The summed E-state index contributed by atoms with van der Waals surface area (Å²) >= 11 is 36.8. The summed E-state index contributed by atoms with van der Waals surface area (Å²) in [4.78, 5) is 77.9. The molecule has 0 saturated heterocycles. The van der Waals surface area contributed by atoms with Crippen LogP contribution in [0, 0.1) is 13.8 Å². The average molecular weight is 957 g/mol. The number of rotatable bonds is 14. The van der Waals surface area contributed by atoms with E-state index in [0.29, 0.717) is 38.2 Å². The quantitative estimate of drug-likeness (QED) is 0.0630. The molecule has 0 saturated carbocycles. The molecule has 5 aromatic rings. The van der Waals surface area contributed by atoms with Crippen LogP contribution in [0.1, 0.15) is 45.7 Å². The van der Waals surface area contributed by atoms with Crippen molar-refractivity contribution in [1.29, 1.82) is 0 Å². The minimum atomic E-state index is -1.61. The Morgan fingerprint density at radius 1 is 0.484 bits per heavy atom. The second kappa shape index (κ2) is 20.9. The van der Waals surface area contributed by atoms with Gasteiger partial charge in [-0.1, -0.05) is 69.6 Å². The van der Waals surface area contributed by atoms with E-state index in [1.165, 1.54) is 72.8 Å². The number of ketones is 2. The van der Waals surface area contributed by atoms with Crippen molar-refractivity contribution in [1.82, 2.24) is 0 Å². The van der Waals surface area contributed by atoms with Crippen molar-refractivity contribution in [2.45, 2.75) is 39.8 Å². The van der Waals surface area contributed by atoms with E-state index in [4.69, 9.17) is 69.6 Å². The summed E-state index contributed by atoms with van der Waals surface area (Å²) in [7, 11) is 0. The zero-order chi connectivity index (χ0) is 45.4. The van der Waals surface area contributed by atoms with Crippen molar-refractivity contribution in [3.05, 3.63) is 137 Å². The summed E-state index contributed by atoms with van der Waals surface area (Å²) in [6.07, 6.45) is 0. The highest BCUT2D eigenvalue weighted by Gasteiger charge is 2.27. The highest BCUT2D eigenvalue weighted by atomic mass is 35.5. The number of amides is 4. The largest absolute Gasteiger partial charge is 0.324 e. The van der Waals surface area contributed by atoms with Crippen LogP contribution in [0.3, 0.4) is 0 Å². The molecule has 0 aliphatic heterocycles. The molecule has 0 fully saturated rings. The van der Waals surface area contributed by atoms with Crippen molar-refractivity contribution in [3.8, 4) is 0 Å². The molecule has 5 aromatic carbocycles. The number of halogens is 6. The lowest BCUT2D eigenvalue weighted by molar-refractivity contribution is -0.127. The third-order valence-corrected chi connectivity index (χ3v) is 10.4. The minimum absolute atomic E-state index is 0.00996. The van der Waals surface area contributed by atoms with Gasteiger partial charge in [0.15, 0.2) is 11.6 Å². The average Bonchev–Trinajstić information content (AvgIpc) is 3.19. The van der Waals surface area contributed by atoms with Gasteiger partial charge in [0, 0.05) is 32.5 Å². The van der Waals surface area contributed by atoms with E-state index in [-0.39, 0.29) is 48.3 Å². The molecular weight excluding hydrogens is 925 g/mol. The molecule has 0 bridgehead atoms. The maximum absolute atomic E-state index is 13.4. The number of benzene rings is 5. The van der Waals surface area contributed by atoms with Crippen molar-refractivity contribution in [2.24, 2.45) is 20.5 Å². The lowest BCUT2D eigenvalue weighted by Gasteiger charge is -2.17. The number of hydrogen-bond acceptors (Lipinski definition) is 10. The van der Waals surface area contributed by atoms with E-state index in [9.17, 15) is 28.8 Å². The van der Waals surface area contributed by atoms with Crippen molar-refractivity contribution in [3.63, 3.8) is 0 Å². The highest BCUT2D eigenvalue weighted by molar-refractivity contribution is 6.38. The number of aryl methyl sites for hydroxylation is 2. The first-order valence-corrected chi connectivity index (χ1v) is 20.3. The fraction of sp³-hybridized carbons (Fsp3) is 0.143. The normalized spacial score (nSPS) is 12.2. The molecule has 0 aliphatic rings. The number of carbonyl (C=O) groups is 6. The van der Waals surface area contributed by atoms with Gasteiger partial charge in [-0.05, 0) is 124 Å². The third-order valence-electron chi connectivity index (χ3n) is 8.65. The molecule has 2 atom stereocenters. The highest BCUT2D eigenvalue weighted by Crippen LogP contribution is 2.32. The molecule has 14 nitrogen and oxygen atoms in total. The zero-order valence-corrected chi connectivity index (χ0v) is 37.3. The lowest BCUT2D eigenvalue weighted by Crippen LogP contribution is -2.33. The molecule has 0 spiro atoms. The third kappa shape index (κ3) is 12.2. The summed E-state index contributed by atoms with van der Waals surface area (Å²) in [6, 6.07) is 17.3. The van der Waals surface area contributed by atoms with Gasteiger partial charge in [0.05, 0.1) is 31.5 Å². The molecule has 20 heteroatoms. The van der Waals surface area contributed by atoms with Crippen LogP contribution in [0.25, 0.3) is 0 Å². The molecular formula is C42H32Cl6N8O6.